The molecule has 0 aromatic heterocycles. The van der Waals surface area contributed by atoms with Crippen LogP contribution in [0, 0.1) is 0 Å². The molecule has 1 rings (SSSR count). The van der Waals surface area contributed by atoms with Gasteiger partial charge < -0.3 is 4.74 Å². The molecule has 0 fully saturated rings. The standard InChI is InChI=1S/C12H14Cl2O2/c1-2-16-12(15)7-6-11(14)9-4-3-5-10(13)8-9/h3-5,8,11H,2,6-7H2,1H3. The van der Waals surface area contributed by atoms with Crippen molar-refractivity contribution in [2.24, 2.45) is 0 Å². The van der Waals surface area contributed by atoms with E-state index in [4.69, 9.17) is 27.9 Å². The summed E-state index contributed by atoms with van der Waals surface area (Å²) in [4.78, 5) is 11.1. The molecule has 0 aliphatic heterocycles. The predicted octanol–water partition coefficient (Wildman–Crippen LogP) is 3.96. The first-order valence-corrected chi connectivity index (χ1v) is 6.00. The van der Waals surface area contributed by atoms with Crippen molar-refractivity contribution in [3.63, 3.8) is 0 Å². The smallest absolute Gasteiger partial charge is 0.305 e. The van der Waals surface area contributed by atoms with Gasteiger partial charge in [0.1, 0.15) is 0 Å². The molecule has 1 unspecified atom stereocenters. The fourth-order valence-electron chi connectivity index (χ4n) is 1.35. The van der Waals surface area contributed by atoms with Gasteiger partial charge in [0.2, 0.25) is 0 Å². The lowest BCUT2D eigenvalue weighted by molar-refractivity contribution is -0.143. The zero-order valence-corrected chi connectivity index (χ0v) is 10.6. The van der Waals surface area contributed by atoms with Crippen molar-refractivity contribution in [2.45, 2.75) is 25.1 Å². The Morgan fingerprint density at radius 1 is 1.50 bits per heavy atom. The normalized spacial score (nSPS) is 12.2. The molecule has 0 heterocycles. The van der Waals surface area contributed by atoms with Gasteiger partial charge in [0.05, 0.1) is 12.0 Å². The number of alkyl halides is 1. The summed E-state index contributed by atoms with van der Waals surface area (Å²) in [5, 5.41) is 0.447. The highest BCUT2D eigenvalue weighted by Crippen LogP contribution is 2.27. The van der Waals surface area contributed by atoms with Crippen LogP contribution in [0.5, 0.6) is 0 Å². The van der Waals surface area contributed by atoms with Gasteiger partial charge in [-0.1, -0.05) is 23.7 Å². The van der Waals surface area contributed by atoms with Crippen LogP contribution in [-0.4, -0.2) is 12.6 Å². The van der Waals surface area contributed by atoms with Crippen LogP contribution >= 0.6 is 23.2 Å². The third-order valence-corrected chi connectivity index (χ3v) is 2.82. The number of ether oxygens (including phenoxy) is 1. The summed E-state index contributed by atoms with van der Waals surface area (Å²) >= 11 is 12.0. The van der Waals surface area contributed by atoms with Gasteiger partial charge in [0, 0.05) is 11.4 Å². The molecule has 0 saturated carbocycles. The van der Waals surface area contributed by atoms with Crippen LogP contribution in [0.25, 0.3) is 0 Å². The van der Waals surface area contributed by atoms with Crippen molar-refractivity contribution in [1.82, 2.24) is 0 Å². The molecule has 0 aliphatic rings. The molecular formula is C12H14Cl2O2. The minimum atomic E-state index is -0.213. The molecule has 1 aromatic rings. The van der Waals surface area contributed by atoms with Gasteiger partial charge in [0.25, 0.3) is 0 Å². The average molecular weight is 261 g/mol. The Balaban J connectivity index is 2.46. The fourth-order valence-corrected chi connectivity index (χ4v) is 1.79. The third-order valence-electron chi connectivity index (χ3n) is 2.12. The number of hydrogen-bond donors (Lipinski definition) is 0. The van der Waals surface area contributed by atoms with E-state index >= 15 is 0 Å². The van der Waals surface area contributed by atoms with E-state index in [1.807, 2.05) is 18.2 Å². The van der Waals surface area contributed by atoms with Gasteiger partial charge in [-0.2, -0.15) is 0 Å². The second kappa shape index (κ2) is 6.77. The van der Waals surface area contributed by atoms with Crippen molar-refractivity contribution < 1.29 is 9.53 Å². The Bertz CT molecular complexity index is 353. The number of esters is 1. The SMILES string of the molecule is CCOC(=O)CCC(Cl)c1cccc(Cl)c1. The summed E-state index contributed by atoms with van der Waals surface area (Å²) in [6, 6.07) is 7.34. The Morgan fingerprint density at radius 2 is 2.25 bits per heavy atom. The van der Waals surface area contributed by atoms with Gasteiger partial charge in [-0.15, -0.1) is 11.6 Å². The van der Waals surface area contributed by atoms with Crippen LogP contribution in [0.3, 0.4) is 0 Å². The predicted molar refractivity (Wildman–Crippen MR) is 65.9 cm³/mol. The molecule has 2 nitrogen and oxygen atoms in total. The molecule has 0 aliphatic carbocycles. The van der Waals surface area contributed by atoms with Gasteiger partial charge in [-0.3, -0.25) is 4.79 Å². The zero-order valence-electron chi connectivity index (χ0n) is 9.08. The summed E-state index contributed by atoms with van der Waals surface area (Å²) in [5.74, 6) is -0.213. The van der Waals surface area contributed by atoms with Gasteiger partial charge in [-0.05, 0) is 31.0 Å². The van der Waals surface area contributed by atoms with Crippen LogP contribution in [0.15, 0.2) is 24.3 Å². The molecule has 0 amide bonds. The van der Waals surface area contributed by atoms with E-state index in [0.29, 0.717) is 24.5 Å². The van der Waals surface area contributed by atoms with E-state index in [1.54, 1.807) is 13.0 Å². The number of rotatable bonds is 5. The lowest BCUT2D eigenvalue weighted by Crippen LogP contribution is -2.05. The molecular weight excluding hydrogens is 247 g/mol. The molecule has 0 bridgehead atoms. The molecule has 16 heavy (non-hydrogen) atoms. The number of hydrogen-bond acceptors (Lipinski definition) is 2. The molecule has 0 N–H and O–H groups in total. The minimum Gasteiger partial charge on any atom is -0.466 e. The van der Waals surface area contributed by atoms with Crippen LogP contribution in [0.2, 0.25) is 5.02 Å². The maximum atomic E-state index is 11.1. The number of carbonyl (C=O) groups is 1. The maximum absolute atomic E-state index is 11.1. The van der Waals surface area contributed by atoms with Crippen LogP contribution in [0.1, 0.15) is 30.7 Å². The summed E-state index contributed by atoms with van der Waals surface area (Å²) < 4.78 is 4.83. The zero-order chi connectivity index (χ0) is 12.0. The Hall–Kier alpha value is -0.730. The van der Waals surface area contributed by atoms with E-state index in [2.05, 4.69) is 0 Å². The number of halogens is 2. The second-order valence-electron chi connectivity index (χ2n) is 3.37. The molecule has 88 valence electrons. The van der Waals surface area contributed by atoms with Crippen molar-refractivity contribution in [3.8, 4) is 0 Å². The molecule has 1 aromatic carbocycles. The lowest BCUT2D eigenvalue weighted by Gasteiger charge is -2.09. The molecule has 0 spiro atoms. The van der Waals surface area contributed by atoms with Gasteiger partial charge >= 0.3 is 5.97 Å². The summed E-state index contributed by atoms with van der Waals surface area (Å²) in [7, 11) is 0. The topological polar surface area (TPSA) is 26.3 Å². The first kappa shape index (κ1) is 13.3. The Morgan fingerprint density at radius 3 is 2.88 bits per heavy atom. The van der Waals surface area contributed by atoms with E-state index in [-0.39, 0.29) is 11.3 Å². The van der Waals surface area contributed by atoms with Crippen LogP contribution in [0.4, 0.5) is 0 Å². The highest BCUT2D eigenvalue weighted by Gasteiger charge is 2.11. The monoisotopic (exact) mass is 260 g/mol. The van der Waals surface area contributed by atoms with E-state index in [0.717, 1.165) is 5.56 Å². The number of benzene rings is 1. The molecule has 1 atom stereocenters. The van der Waals surface area contributed by atoms with Gasteiger partial charge in [0.15, 0.2) is 0 Å². The highest BCUT2D eigenvalue weighted by atomic mass is 35.5. The second-order valence-corrected chi connectivity index (χ2v) is 4.33. The highest BCUT2D eigenvalue weighted by molar-refractivity contribution is 6.30. The molecule has 0 radical (unpaired) electrons. The van der Waals surface area contributed by atoms with E-state index < -0.39 is 0 Å². The van der Waals surface area contributed by atoms with Crippen molar-refractivity contribution in [1.29, 1.82) is 0 Å². The first-order valence-electron chi connectivity index (χ1n) is 5.18. The molecule has 0 saturated heterocycles. The summed E-state index contributed by atoms with van der Waals surface area (Å²) in [6.45, 7) is 2.19. The largest absolute Gasteiger partial charge is 0.466 e. The first-order chi connectivity index (χ1) is 7.63. The molecule has 4 heteroatoms. The third kappa shape index (κ3) is 4.42. The van der Waals surface area contributed by atoms with Crippen molar-refractivity contribution in [3.05, 3.63) is 34.9 Å². The maximum Gasteiger partial charge on any atom is 0.305 e. The summed E-state index contributed by atoms with van der Waals surface area (Å²) in [6.07, 6.45) is 0.884. The summed E-state index contributed by atoms with van der Waals surface area (Å²) in [5.41, 5.74) is 0.929. The van der Waals surface area contributed by atoms with Crippen molar-refractivity contribution in [2.75, 3.05) is 6.61 Å². The van der Waals surface area contributed by atoms with E-state index in [1.165, 1.54) is 0 Å². The van der Waals surface area contributed by atoms with Crippen LogP contribution in [-0.2, 0) is 9.53 Å². The lowest BCUT2D eigenvalue weighted by atomic mass is 10.1. The van der Waals surface area contributed by atoms with Gasteiger partial charge in [-0.25, -0.2) is 0 Å². The average Bonchev–Trinajstić information content (AvgIpc) is 2.26. The van der Waals surface area contributed by atoms with Crippen molar-refractivity contribution >= 4 is 29.2 Å². The minimum absolute atomic E-state index is 0.205. The Kier molecular flexibility index (Phi) is 5.64. The number of carbonyl (C=O) groups excluding carboxylic acids is 1. The fraction of sp³-hybridized carbons (Fsp3) is 0.417. The quantitative estimate of drug-likeness (QED) is 0.592. The van der Waals surface area contributed by atoms with Crippen LogP contribution < -0.4 is 0 Å². The van der Waals surface area contributed by atoms with E-state index in [9.17, 15) is 4.79 Å². The Labute approximate surface area is 106 Å².